The number of fused-ring (bicyclic) bond motifs is 2. The maximum absolute atomic E-state index is 12.6. The Balaban J connectivity index is 1.43. The van der Waals surface area contributed by atoms with Gasteiger partial charge < -0.3 is 19.0 Å². The standard InChI is InChI=1S/C20H24N4O3/c1-13-15-12-14(26-2)7-8-16(15)27-19(13)20(25)21-10-9-18-23-22-17-6-4-3-5-11-24(17)18/h7-8,12H,3-6,9-11H2,1-2H3,(H,21,25). The van der Waals surface area contributed by atoms with Gasteiger partial charge in [-0.2, -0.15) is 0 Å². The lowest BCUT2D eigenvalue weighted by molar-refractivity contribution is 0.0927. The van der Waals surface area contributed by atoms with Crippen molar-refractivity contribution in [3.05, 3.63) is 41.2 Å². The van der Waals surface area contributed by atoms with Crippen molar-refractivity contribution < 1.29 is 13.9 Å². The van der Waals surface area contributed by atoms with Gasteiger partial charge in [0.1, 0.15) is 23.0 Å². The minimum absolute atomic E-state index is 0.210. The molecule has 0 spiro atoms. The number of furan rings is 1. The fourth-order valence-electron chi connectivity index (χ4n) is 3.64. The normalized spacial score (nSPS) is 14.0. The van der Waals surface area contributed by atoms with Crippen LogP contribution in [0.2, 0.25) is 0 Å². The molecule has 4 rings (SSSR count). The molecule has 0 bridgehead atoms. The van der Waals surface area contributed by atoms with E-state index in [1.54, 1.807) is 7.11 Å². The number of nitrogens with one attached hydrogen (secondary N) is 1. The van der Waals surface area contributed by atoms with Gasteiger partial charge in [-0.25, -0.2) is 0 Å². The zero-order valence-electron chi connectivity index (χ0n) is 15.7. The van der Waals surface area contributed by atoms with Crippen LogP contribution in [0, 0.1) is 6.92 Å². The Morgan fingerprint density at radius 3 is 3.04 bits per heavy atom. The number of benzene rings is 1. The lowest BCUT2D eigenvalue weighted by Crippen LogP contribution is -2.26. The summed E-state index contributed by atoms with van der Waals surface area (Å²) in [7, 11) is 1.62. The molecule has 27 heavy (non-hydrogen) atoms. The van der Waals surface area contributed by atoms with E-state index in [0.29, 0.717) is 24.3 Å². The van der Waals surface area contributed by atoms with Crippen molar-refractivity contribution >= 4 is 16.9 Å². The quantitative estimate of drug-likeness (QED) is 0.748. The number of ether oxygens (including phenoxy) is 1. The Morgan fingerprint density at radius 2 is 2.19 bits per heavy atom. The number of amides is 1. The molecule has 0 aliphatic carbocycles. The van der Waals surface area contributed by atoms with Crippen LogP contribution < -0.4 is 10.1 Å². The number of rotatable bonds is 5. The Morgan fingerprint density at radius 1 is 1.30 bits per heavy atom. The summed E-state index contributed by atoms with van der Waals surface area (Å²) in [5.41, 5.74) is 1.50. The van der Waals surface area contributed by atoms with E-state index in [4.69, 9.17) is 9.15 Å². The molecule has 2 aromatic heterocycles. The Bertz CT molecular complexity index is 973. The lowest BCUT2D eigenvalue weighted by Gasteiger charge is -2.07. The van der Waals surface area contributed by atoms with Crippen LogP contribution in [0.15, 0.2) is 22.6 Å². The van der Waals surface area contributed by atoms with E-state index in [1.807, 2.05) is 25.1 Å². The number of nitrogens with zero attached hydrogens (tertiary/aromatic N) is 3. The van der Waals surface area contributed by atoms with E-state index in [9.17, 15) is 4.79 Å². The first kappa shape index (κ1) is 17.6. The summed E-state index contributed by atoms with van der Waals surface area (Å²) >= 11 is 0. The zero-order chi connectivity index (χ0) is 18.8. The van der Waals surface area contributed by atoms with Crippen molar-refractivity contribution in [3.63, 3.8) is 0 Å². The highest BCUT2D eigenvalue weighted by Gasteiger charge is 2.19. The van der Waals surface area contributed by atoms with Gasteiger partial charge >= 0.3 is 0 Å². The van der Waals surface area contributed by atoms with E-state index in [-0.39, 0.29) is 5.91 Å². The maximum atomic E-state index is 12.6. The predicted octanol–water partition coefficient (Wildman–Crippen LogP) is 3.04. The number of carbonyl (C=O) groups excluding carboxylic acids is 1. The Kier molecular flexibility index (Phi) is 4.83. The molecule has 1 aliphatic rings. The highest BCUT2D eigenvalue weighted by Crippen LogP contribution is 2.28. The van der Waals surface area contributed by atoms with Crippen LogP contribution in [0.1, 0.15) is 47.0 Å². The van der Waals surface area contributed by atoms with Crippen molar-refractivity contribution in [2.45, 2.75) is 45.6 Å². The molecule has 3 heterocycles. The molecule has 142 valence electrons. The van der Waals surface area contributed by atoms with Crippen LogP contribution in [-0.2, 0) is 19.4 Å². The second kappa shape index (κ2) is 7.42. The molecular weight excluding hydrogens is 344 g/mol. The summed E-state index contributed by atoms with van der Waals surface area (Å²) in [6.45, 7) is 3.35. The molecule has 1 aliphatic heterocycles. The van der Waals surface area contributed by atoms with Gasteiger partial charge in [-0.05, 0) is 38.0 Å². The van der Waals surface area contributed by atoms with Crippen molar-refractivity contribution in [1.29, 1.82) is 0 Å². The largest absolute Gasteiger partial charge is 0.497 e. The first-order valence-corrected chi connectivity index (χ1v) is 9.43. The number of aromatic nitrogens is 3. The van der Waals surface area contributed by atoms with Crippen LogP contribution in [0.5, 0.6) is 5.75 Å². The Hall–Kier alpha value is -2.83. The van der Waals surface area contributed by atoms with Crippen LogP contribution in [0.3, 0.4) is 0 Å². The third-order valence-corrected chi connectivity index (χ3v) is 5.17. The maximum Gasteiger partial charge on any atom is 0.287 e. The van der Waals surface area contributed by atoms with E-state index in [1.165, 1.54) is 12.8 Å². The average Bonchev–Trinajstić information content (AvgIpc) is 3.12. The van der Waals surface area contributed by atoms with Gasteiger partial charge in [0.2, 0.25) is 0 Å². The summed E-state index contributed by atoms with van der Waals surface area (Å²) in [6, 6.07) is 5.53. The highest BCUT2D eigenvalue weighted by molar-refractivity contribution is 5.99. The molecule has 0 atom stereocenters. The predicted molar refractivity (Wildman–Crippen MR) is 101 cm³/mol. The minimum Gasteiger partial charge on any atom is -0.497 e. The fourth-order valence-corrected chi connectivity index (χ4v) is 3.64. The molecule has 0 radical (unpaired) electrons. The Labute approximate surface area is 157 Å². The van der Waals surface area contributed by atoms with Crippen molar-refractivity contribution in [2.75, 3.05) is 13.7 Å². The van der Waals surface area contributed by atoms with Crippen molar-refractivity contribution in [1.82, 2.24) is 20.1 Å². The monoisotopic (exact) mass is 368 g/mol. The fraction of sp³-hybridized carbons (Fsp3) is 0.450. The number of aryl methyl sites for hydroxylation is 2. The van der Waals surface area contributed by atoms with E-state index in [2.05, 4.69) is 20.1 Å². The molecule has 7 nitrogen and oxygen atoms in total. The summed E-state index contributed by atoms with van der Waals surface area (Å²) in [6.07, 6.45) is 5.21. The van der Waals surface area contributed by atoms with Gasteiger partial charge in [-0.15, -0.1) is 10.2 Å². The molecule has 0 saturated heterocycles. The van der Waals surface area contributed by atoms with Gasteiger partial charge in [-0.1, -0.05) is 6.42 Å². The zero-order valence-corrected chi connectivity index (χ0v) is 15.7. The average molecular weight is 368 g/mol. The lowest BCUT2D eigenvalue weighted by atomic mass is 10.1. The van der Waals surface area contributed by atoms with Gasteiger partial charge in [0.05, 0.1) is 7.11 Å². The summed E-state index contributed by atoms with van der Waals surface area (Å²) < 4.78 is 13.2. The third kappa shape index (κ3) is 3.41. The van der Waals surface area contributed by atoms with E-state index in [0.717, 1.165) is 47.7 Å². The number of carbonyl (C=O) groups is 1. The molecule has 3 aromatic rings. The smallest absolute Gasteiger partial charge is 0.287 e. The van der Waals surface area contributed by atoms with E-state index >= 15 is 0 Å². The van der Waals surface area contributed by atoms with Gasteiger partial charge in [0.25, 0.3) is 5.91 Å². The SMILES string of the molecule is COc1ccc2oc(C(=O)NCCc3nnc4n3CCCCC4)c(C)c2c1. The molecule has 1 N–H and O–H groups in total. The first-order valence-electron chi connectivity index (χ1n) is 9.43. The van der Waals surface area contributed by atoms with Crippen molar-refractivity contribution in [3.8, 4) is 5.75 Å². The topological polar surface area (TPSA) is 82.2 Å². The minimum atomic E-state index is -0.210. The third-order valence-electron chi connectivity index (χ3n) is 5.17. The van der Waals surface area contributed by atoms with Gasteiger partial charge in [-0.3, -0.25) is 4.79 Å². The van der Waals surface area contributed by atoms with E-state index < -0.39 is 0 Å². The number of methoxy groups -OCH3 is 1. The van der Waals surface area contributed by atoms with Crippen LogP contribution >= 0.6 is 0 Å². The van der Waals surface area contributed by atoms with Gasteiger partial charge in [0, 0.05) is 36.9 Å². The highest BCUT2D eigenvalue weighted by atomic mass is 16.5. The molecule has 0 fully saturated rings. The molecule has 0 unspecified atom stereocenters. The van der Waals surface area contributed by atoms with Crippen molar-refractivity contribution in [2.24, 2.45) is 0 Å². The molecule has 1 amide bonds. The van der Waals surface area contributed by atoms with Crippen LogP contribution in [-0.4, -0.2) is 34.3 Å². The molecule has 1 aromatic carbocycles. The first-order chi connectivity index (χ1) is 13.2. The van der Waals surface area contributed by atoms with Gasteiger partial charge in [0.15, 0.2) is 5.76 Å². The van der Waals surface area contributed by atoms with Crippen LogP contribution in [0.25, 0.3) is 11.0 Å². The van der Waals surface area contributed by atoms with Crippen LogP contribution in [0.4, 0.5) is 0 Å². The molecular formula is C20H24N4O3. The molecule has 7 heteroatoms. The second-order valence-corrected chi connectivity index (χ2v) is 6.92. The molecule has 0 saturated carbocycles. The summed E-state index contributed by atoms with van der Waals surface area (Å²) in [5, 5.41) is 12.4. The second-order valence-electron chi connectivity index (χ2n) is 6.92. The summed E-state index contributed by atoms with van der Waals surface area (Å²) in [4.78, 5) is 12.6. The number of hydrogen-bond acceptors (Lipinski definition) is 5. The number of hydrogen-bond donors (Lipinski definition) is 1. The summed E-state index contributed by atoms with van der Waals surface area (Å²) in [5.74, 6) is 2.89.